The van der Waals surface area contributed by atoms with Gasteiger partial charge < -0.3 is 11.1 Å². The van der Waals surface area contributed by atoms with Crippen LogP contribution in [0, 0.1) is 5.92 Å². The van der Waals surface area contributed by atoms with Gasteiger partial charge in [-0.1, -0.05) is 6.42 Å². The minimum absolute atomic E-state index is 0. The lowest BCUT2D eigenvalue weighted by Gasteiger charge is -2.26. The van der Waals surface area contributed by atoms with E-state index in [0.717, 1.165) is 19.3 Å². The van der Waals surface area contributed by atoms with E-state index in [9.17, 15) is 4.79 Å². The molecule has 2 rings (SSSR count). The molecule has 96 valence electrons. The second-order valence-electron chi connectivity index (χ2n) is 4.47. The lowest BCUT2D eigenvalue weighted by Crippen LogP contribution is -2.35. The molecule has 17 heavy (non-hydrogen) atoms. The summed E-state index contributed by atoms with van der Waals surface area (Å²) in [6, 6.07) is 1.98. The van der Waals surface area contributed by atoms with Crippen molar-refractivity contribution in [2.75, 3.05) is 6.54 Å². The first-order valence-corrected chi connectivity index (χ1v) is 5.79. The molecule has 0 saturated heterocycles. The molecule has 6 heteroatoms. The number of carbonyl (C=O) groups excluding carboxylic acids is 1. The van der Waals surface area contributed by atoms with Gasteiger partial charge in [0.15, 0.2) is 0 Å². The number of carbonyl (C=O) groups is 1. The van der Waals surface area contributed by atoms with Crippen molar-refractivity contribution in [2.24, 2.45) is 11.7 Å². The fourth-order valence-corrected chi connectivity index (χ4v) is 2.23. The topological polar surface area (TPSA) is 83.8 Å². The zero-order valence-corrected chi connectivity index (χ0v) is 10.5. The molecule has 1 aromatic heterocycles. The quantitative estimate of drug-likeness (QED) is 0.759. The molecule has 0 aromatic carbocycles. The van der Waals surface area contributed by atoms with Crippen LogP contribution in [0.15, 0.2) is 12.3 Å². The van der Waals surface area contributed by atoms with Crippen molar-refractivity contribution in [1.82, 2.24) is 15.5 Å². The van der Waals surface area contributed by atoms with Gasteiger partial charge in [0.2, 0.25) is 0 Å². The van der Waals surface area contributed by atoms with Crippen molar-refractivity contribution in [2.45, 2.75) is 31.7 Å². The Hall–Kier alpha value is -1.07. The molecule has 2 unspecified atom stereocenters. The van der Waals surface area contributed by atoms with Gasteiger partial charge in [0.1, 0.15) is 5.69 Å². The van der Waals surface area contributed by atoms with E-state index in [1.165, 1.54) is 6.42 Å². The number of halogens is 1. The Bertz CT molecular complexity index is 341. The van der Waals surface area contributed by atoms with E-state index in [-0.39, 0.29) is 18.3 Å². The number of nitrogens with two attached hydrogens (primary N) is 1. The van der Waals surface area contributed by atoms with E-state index < -0.39 is 0 Å². The van der Waals surface area contributed by atoms with Crippen molar-refractivity contribution < 1.29 is 4.79 Å². The van der Waals surface area contributed by atoms with Gasteiger partial charge in [0.25, 0.3) is 5.91 Å². The van der Waals surface area contributed by atoms with E-state index >= 15 is 0 Å². The third-order valence-electron chi connectivity index (χ3n) is 3.12. The monoisotopic (exact) mass is 258 g/mol. The molecule has 5 nitrogen and oxygen atoms in total. The van der Waals surface area contributed by atoms with Crippen LogP contribution in [0.25, 0.3) is 0 Å². The number of aromatic amines is 1. The number of aromatic nitrogens is 2. The number of nitrogens with zero attached hydrogens (tertiary/aromatic N) is 1. The van der Waals surface area contributed by atoms with Gasteiger partial charge in [-0.25, -0.2) is 0 Å². The molecule has 0 radical (unpaired) electrons. The lowest BCUT2D eigenvalue weighted by molar-refractivity contribution is 0.0937. The lowest BCUT2D eigenvalue weighted by atomic mass is 9.86. The standard InChI is InChI=1S/C11H18N4O.ClH/c12-9-3-1-2-8(6-9)7-13-11(16)10-4-5-14-15-10;/h4-5,8-9H,1-3,6-7,12H2,(H,13,16)(H,14,15);1H. The minimum atomic E-state index is -0.0864. The molecule has 1 amide bonds. The zero-order valence-electron chi connectivity index (χ0n) is 9.69. The van der Waals surface area contributed by atoms with Crippen LogP contribution in [0.2, 0.25) is 0 Å². The zero-order chi connectivity index (χ0) is 11.4. The third-order valence-corrected chi connectivity index (χ3v) is 3.12. The average Bonchev–Trinajstić information content (AvgIpc) is 2.79. The Labute approximate surface area is 107 Å². The van der Waals surface area contributed by atoms with E-state index in [1.807, 2.05) is 0 Å². The fourth-order valence-electron chi connectivity index (χ4n) is 2.23. The van der Waals surface area contributed by atoms with Crippen LogP contribution in [-0.2, 0) is 0 Å². The molecular formula is C11H19ClN4O. The van der Waals surface area contributed by atoms with Gasteiger partial charge in [-0.15, -0.1) is 12.4 Å². The molecule has 0 bridgehead atoms. The summed E-state index contributed by atoms with van der Waals surface area (Å²) in [5.41, 5.74) is 6.41. The van der Waals surface area contributed by atoms with E-state index in [2.05, 4.69) is 15.5 Å². The highest BCUT2D eigenvalue weighted by Crippen LogP contribution is 2.22. The van der Waals surface area contributed by atoms with Gasteiger partial charge in [-0.05, 0) is 31.2 Å². The molecule has 1 saturated carbocycles. The largest absolute Gasteiger partial charge is 0.350 e. The van der Waals surface area contributed by atoms with Crippen molar-refractivity contribution in [3.05, 3.63) is 18.0 Å². The molecule has 1 aliphatic carbocycles. The summed E-state index contributed by atoms with van der Waals surface area (Å²) in [5, 5.41) is 9.30. The smallest absolute Gasteiger partial charge is 0.269 e. The highest BCUT2D eigenvalue weighted by molar-refractivity contribution is 5.92. The normalized spacial score (nSPS) is 23.8. The highest BCUT2D eigenvalue weighted by Gasteiger charge is 2.19. The summed E-state index contributed by atoms with van der Waals surface area (Å²) < 4.78 is 0. The predicted octanol–water partition coefficient (Wildman–Crippen LogP) is 1.08. The second-order valence-corrected chi connectivity index (χ2v) is 4.47. The Morgan fingerprint density at radius 2 is 2.41 bits per heavy atom. The first kappa shape index (κ1) is 14.0. The molecule has 0 aliphatic heterocycles. The SMILES string of the molecule is Cl.NC1CCCC(CNC(=O)c2ccn[nH]2)C1. The van der Waals surface area contributed by atoms with Crippen molar-refractivity contribution in [3.63, 3.8) is 0 Å². The van der Waals surface area contributed by atoms with Crippen LogP contribution in [0.3, 0.4) is 0 Å². The van der Waals surface area contributed by atoms with Crippen LogP contribution < -0.4 is 11.1 Å². The number of nitrogens with one attached hydrogen (secondary N) is 2. The second kappa shape index (κ2) is 6.61. The molecule has 4 N–H and O–H groups in total. The van der Waals surface area contributed by atoms with Gasteiger partial charge in [0, 0.05) is 18.8 Å². The Kier molecular flexibility index (Phi) is 5.44. The van der Waals surface area contributed by atoms with E-state index in [1.54, 1.807) is 12.3 Å². The van der Waals surface area contributed by atoms with Crippen molar-refractivity contribution >= 4 is 18.3 Å². The van der Waals surface area contributed by atoms with Crippen LogP contribution in [0.1, 0.15) is 36.2 Å². The van der Waals surface area contributed by atoms with Crippen LogP contribution in [0.4, 0.5) is 0 Å². The Morgan fingerprint density at radius 1 is 1.59 bits per heavy atom. The maximum absolute atomic E-state index is 11.6. The molecule has 2 atom stereocenters. The first-order chi connectivity index (χ1) is 7.75. The summed E-state index contributed by atoms with van der Waals surface area (Å²) in [7, 11) is 0. The predicted molar refractivity (Wildman–Crippen MR) is 68.1 cm³/mol. The summed E-state index contributed by atoms with van der Waals surface area (Å²) >= 11 is 0. The number of hydrogen-bond donors (Lipinski definition) is 3. The Balaban J connectivity index is 0.00000144. The number of rotatable bonds is 3. The molecule has 1 aliphatic rings. The summed E-state index contributed by atoms with van der Waals surface area (Å²) in [4.78, 5) is 11.6. The fraction of sp³-hybridized carbons (Fsp3) is 0.636. The van der Waals surface area contributed by atoms with Crippen molar-refractivity contribution in [3.8, 4) is 0 Å². The maximum atomic E-state index is 11.6. The number of hydrogen-bond acceptors (Lipinski definition) is 3. The van der Waals surface area contributed by atoms with Gasteiger partial charge >= 0.3 is 0 Å². The van der Waals surface area contributed by atoms with Crippen LogP contribution in [-0.4, -0.2) is 28.7 Å². The highest BCUT2D eigenvalue weighted by atomic mass is 35.5. The molecular weight excluding hydrogens is 240 g/mol. The molecule has 1 aromatic rings. The van der Waals surface area contributed by atoms with Crippen LogP contribution in [0.5, 0.6) is 0 Å². The first-order valence-electron chi connectivity index (χ1n) is 5.79. The Morgan fingerprint density at radius 3 is 3.06 bits per heavy atom. The summed E-state index contributed by atoms with van der Waals surface area (Å²) in [6.07, 6.45) is 6.04. The number of H-pyrrole nitrogens is 1. The third kappa shape index (κ3) is 4.02. The van der Waals surface area contributed by atoms with Crippen molar-refractivity contribution in [1.29, 1.82) is 0 Å². The minimum Gasteiger partial charge on any atom is -0.350 e. The van der Waals surface area contributed by atoms with Gasteiger partial charge in [-0.3, -0.25) is 9.89 Å². The maximum Gasteiger partial charge on any atom is 0.269 e. The number of amides is 1. The summed E-state index contributed by atoms with van der Waals surface area (Å²) in [6.45, 7) is 0.714. The van der Waals surface area contributed by atoms with Crippen LogP contribution >= 0.6 is 12.4 Å². The summed E-state index contributed by atoms with van der Waals surface area (Å²) in [5.74, 6) is 0.437. The van der Waals surface area contributed by atoms with Gasteiger partial charge in [-0.2, -0.15) is 5.10 Å². The van der Waals surface area contributed by atoms with E-state index in [0.29, 0.717) is 24.2 Å². The molecule has 1 fully saturated rings. The molecule has 1 heterocycles. The average molecular weight is 259 g/mol. The van der Waals surface area contributed by atoms with Gasteiger partial charge in [0.05, 0.1) is 0 Å². The molecule has 0 spiro atoms. The van der Waals surface area contributed by atoms with E-state index in [4.69, 9.17) is 5.73 Å².